The van der Waals surface area contributed by atoms with E-state index in [-0.39, 0.29) is 41.0 Å². The zero-order valence-corrected chi connectivity index (χ0v) is 23.9. The number of rotatable bonds is 7. The van der Waals surface area contributed by atoms with E-state index in [2.05, 4.69) is 23.6 Å². The van der Waals surface area contributed by atoms with Gasteiger partial charge in [-0.1, -0.05) is 31.2 Å². The number of nitrogens with one attached hydrogen (secondary N) is 2. The normalized spacial score (nSPS) is 14.7. The van der Waals surface area contributed by atoms with E-state index in [1.54, 1.807) is 17.8 Å². The Morgan fingerprint density at radius 2 is 1.85 bits per heavy atom. The number of carbonyl (C=O) groups excluding carboxylic acids is 2. The maximum atomic E-state index is 13.7. The van der Waals surface area contributed by atoms with Gasteiger partial charge in [-0.15, -0.1) is 24.6 Å². The zero-order valence-electron chi connectivity index (χ0n) is 23.0. The number of halogens is 2. The van der Waals surface area contributed by atoms with Crippen molar-refractivity contribution < 1.29 is 23.1 Å². The second-order valence-corrected chi connectivity index (χ2v) is 10.2. The SMILES string of the molecule is C#C.CCCC(=O)Cc1c2n(ccc1=O)N[C@H](COCC)NC2=O.Fc1ccc2c(c1F)CSc1ccccc1C2. The van der Waals surface area contributed by atoms with Crippen molar-refractivity contribution in [2.75, 3.05) is 18.6 Å². The van der Waals surface area contributed by atoms with Crippen molar-refractivity contribution in [3.63, 3.8) is 0 Å². The first-order chi connectivity index (χ1) is 19.8. The molecule has 1 aromatic heterocycles. The van der Waals surface area contributed by atoms with Gasteiger partial charge in [0.2, 0.25) is 0 Å². The number of hydrogen-bond acceptors (Lipinski definition) is 6. The van der Waals surface area contributed by atoms with Crippen molar-refractivity contribution in [3.05, 3.63) is 98.5 Å². The highest BCUT2D eigenvalue weighted by Gasteiger charge is 2.27. The number of hydrogen-bond donors (Lipinski definition) is 2. The van der Waals surface area contributed by atoms with Gasteiger partial charge < -0.3 is 15.5 Å². The van der Waals surface area contributed by atoms with E-state index in [0.717, 1.165) is 16.9 Å². The van der Waals surface area contributed by atoms with Crippen LogP contribution in [-0.4, -0.2) is 35.7 Å². The summed E-state index contributed by atoms with van der Waals surface area (Å²) in [5, 5.41) is 2.73. The van der Waals surface area contributed by atoms with Crippen molar-refractivity contribution in [1.82, 2.24) is 9.99 Å². The molecule has 0 saturated heterocycles. The summed E-state index contributed by atoms with van der Waals surface area (Å²) in [6.45, 7) is 4.63. The first-order valence-corrected chi connectivity index (χ1v) is 14.2. The Balaban J connectivity index is 0.000000218. The highest BCUT2D eigenvalue weighted by atomic mass is 32.2. The molecule has 41 heavy (non-hydrogen) atoms. The molecule has 216 valence electrons. The van der Waals surface area contributed by atoms with Crippen LogP contribution in [0.3, 0.4) is 0 Å². The topological polar surface area (TPSA) is 89.4 Å². The largest absolute Gasteiger partial charge is 0.378 e. The van der Waals surface area contributed by atoms with Crippen LogP contribution in [0.15, 0.2) is 58.4 Å². The van der Waals surface area contributed by atoms with Crippen LogP contribution in [0.5, 0.6) is 0 Å². The molecule has 1 atom stereocenters. The summed E-state index contributed by atoms with van der Waals surface area (Å²) >= 11 is 1.57. The molecule has 0 spiro atoms. The van der Waals surface area contributed by atoms with Gasteiger partial charge in [0.05, 0.1) is 6.61 Å². The lowest BCUT2D eigenvalue weighted by molar-refractivity contribution is -0.118. The van der Waals surface area contributed by atoms with E-state index in [9.17, 15) is 23.2 Å². The second-order valence-electron chi connectivity index (χ2n) is 9.23. The molecule has 0 bridgehead atoms. The van der Waals surface area contributed by atoms with E-state index in [0.29, 0.717) is 37.4 Å². The molecule has 3 aromatic rings. The molecule has 0 radical (unpaired) electrons. The quantitative estimate of drug-likeness (QED) is 0.389. The average molecular weight is 582 g/mol. The van der Waals surface area contributed by atoms with E-state index in [1.807, 2.05) is 38.1 Å². The molecule has 7 nitrogen and oxygen atoms in total. The summed E-state index contributed by atoms with van der Waals surface area (Å²) in [6.07, 6.45) is 10.9. The van der Waals surface area contributed by atoms with Gasteiger partial charge in [-0.2, -0.15) is 0 Å². The lowest BCUT2D eigenvalue weighted by Gasteiger charge is -2.30. The Bertz CT molecular complexity index is 1470. The van der Waals surface area contributed by atoms with Crippen LogP contribution in [0.25, 0.3) is 0 Å². The number of fused-ring (bicyclic) bond motifs is 3. The summed E-state index contributed by atoms with van der Waals surface area (Å²) in [4.78, 5) is 37.3. The van der Waals surface area contributed by atoms with Crippen molar-refractivity contribution in [1.29, 1.82) is 0 Å². The van der Waals surface area contributed by atoms with Crippen molar-refractivity contribution in [2.24, 2.45) is 0 Å². The number of ether oxygens (including phenoxy) is 1. The lowest BCUT2D eigenvalue weighted by Crippen LogP contribution is -2.54. The molecule has 0 saturated carbocycles. The number of carbonyl (C=O) groups is 2. The number of nitrogens with zero attached hydrogens (tertiary/aromatic N) is 1. The minimum atomic E-state index is -0.754. The number of terminal acetylenes is 1. The van der Waals surface area contributed by atoms with Crippen LogP contribution in [0.2, 0.25) is 0 Å². The third kappa shape index (κ3) is 7.84. The van der Waals surface area contributed by atoms with E-state index >= 15 is 0 Å². The molecule has 2 N–H and O–H groups in total. The van der Waals surface area contributed by atoms with Crippen LogP contribution < -0.4 is 16.2 Å². The second kappa shape index (κ2) is 15.2. The van der Waals surface area contributed by atoms with E-state index < -0.39 is 11.6 Å². The molecule has 3 heterocycles. The molecule has 5 rings (SSSR count). The minimum absolute atomic E-state index is 0.0198. The molecule has 0 fully saturated rings. The number of pyridine rings is 1. The monoisotopic (exact) mass is 581 g/mol. The van der Waals surface area contributed by atoms with Gasteiger partial charge in [-0.25, -0.2) is 8.78 Å². The van der Waals surface area contributed by atoms with Crippen molar-refractivity contribution in [2.45, 2.75) is 56.3 Å². The Hall–Kier alpha value is -3.94. The zero-order chi connectivity index (χ0) is 29.9. The molecule has 0 unspecified atom stereocenters. The summed E-state index contributed by atoms with van der Waals surface area (Å²) < 4.78 is 33.7. The fraction of sp³-hybridized carbons (Fsp3) is 0.323. The van der Waals surface area contributed by atoms with Crippen LogP contribution >= 0.6 is 11.8 Å². The summed E-state index contributed by atoms with van der Waals surface area (Å²) in [7, 11) is 0. The predicted molar refractivity (Wildman–Crippen MR) is 156 cm³/mol. The molecule has 2 aromatic carbocycles. The molecule has 2 aliphatic heterocycles. The Labute approximate surface area is 242 Å². The van der Waals surface area contributed by atoms with Crippen molar-refractivity contribution in [3.8, 4) is 12.8 Å². The van der Waals surface area contributed by atoms with Crippen LogP contribution in [-0.2, 0) is 28.1 Å². The van der Waals surface area contributed by atoms with Gasteiger partial charge in [0.25, 0.3) is 5.91 Å². The number of Topliss-reactive ketones (excluding diaryl/α,β-unsaturated/α-hetero) is 1. The van der Waals surface area contributed by atoms with Gasteiger partial charge >= 0.3 is 0 Å². The maximum absolute atomic E-state index is 13.7. The van der Waals surface area contributed by atoms with Crippen LogP contribution in [0.1, 0.15) is 59.4 Å². The summed E-state index contributed by atoms with van der Waals surface area (Å²) in [6, 6.07) is 12.3. The van der Waals surface area contributed by atoms with Gasteiger partial charge in [0.1, 0.15) is 17.6 Å². The summed E-state index contributed by atoms with van der Waals surface area (Å²) in [5.41, 5.74) is 5.76. The standard InChI is InChI=1S/C15H21N3O4.C14H10F2S.C2H2/c1-3-5-10(19)8-11-12(20)6-7-18-14(11)15(21)16-13(17-18)9-22-4-2;15-12-6-5-9-7-10-3-1-2-4-13(10)17-8-11(9)14(12)16;1-2/h6-7,13,17H,3-5,8-9H2,1-2H3,(H,16,21);1-6H,7-8H2;1-2H/t13-;;/m1../s1. The number of amides is 1. The number of aromatic nitrogens is 1. The molecule has 2 aliphatic rings. The number of benzene rings is 2. The highest BCUT2D eigenvalue weighted by molar-refractivity contribution is 7.98. The van der Waals surface area contributed by atoms with E-state index in [1.165, 1.54) is 28.6 Å². The van der Waals surface area contributed by atoms with Gasteiger partial charge in [-0.3, -0.25) is 19.1 Å². The fourth-order valence-electron chi connectivity index (χ4n) is 4.51. The fourth-order valence-corrected chi connectivity index (χ4v) is 5.62. The van der Waals surface area contributed by atoms with Gasteiger partial charge in [-0.05, 0) is 43.0 Å². The third-order valence-corrected chi connectivity index (χ3v) is 7.57. The smallest absolute Gasteiger partial charge is 0.271 e. The third-order valence-electron chi connectivity index (χ3n) is 6.42. The number of thioether (sulfide) groups is 1. The Morgan fingerprint density at radius 1 is 1.10 bits per heavy atom. The highest BCUT2D eigenvalue weighted by Crippen LogP contribution is 2.35. The van der Waals surface area contributed by atoms with Crippen LogP contribution in [0.4, 0.5) is 8.78 Å². The van der Waals surface area contributed by atoms with Gasteiger partial charge in [0, 0.05) is 53.5 Å². The lowest BCUT2D eigenvalue weighted by atomic mass is 10.0. The summed E-state index contributed by atoms with van der Waals surface area (Å²) in [5.74, 6) is -1.37. The van der Waals surface area contributed by atoms with Gasteiger partial charge in [0.15, 0.2) is 17.1 Å². The van der Waals surface area contributed by atoms with E-state index in [4.69, 9.17) is 4.74 Å². The molecular weight excluding hydrogens is 548 g/mol. The first kappa shape index (κ1) is 31.6. The van der Waals surface area contributed by atoms with Crippen molar-refractivity contribution >= 4 is 23.5 Å². The minimum Gasteiger partial charge on any atom is -0.378 e. The van der Waals surface area contributed by atoms with Crippen LogP contribution in [0, 0.1) is 24.5 Å². The molecule has 10 heteroatoms. The predicted octanol–water partition coefficient (Wildman–Crippen LogP) is 4.82. The Morgan fingerprint density at radius 3 is 2.59 bits per heavy atom. The molecular formula is C31H33F2N3O4S. The molecule has 0 aliphatic carbocycles. The average Bonchev–Trinajstić information content (AvgIpc) is 3.17. The Kier molecular flexibility index (Phi) is 11.7. The maximum Gasteiger partial charge on any atom is 0.271 e. The first-order valence-electron chi connectivity index (χ1n) is 13.2. The molecule has 1 amide bonds. The number of ketones is 1.